The lowest BCUT2D eigenvalue weighted by molar-refractivity contribution is 0.738. The largest absolute Gasteiger partial charge is 0.337 e. The number of hydrogen-bond donors (Lipinski definition) is 1. The third-order valence-corrected chi connectivity index (χ3v) is 3.07. The lowest BCUT2D eigenvalue weighted by Gasteiger charge is -2.08. The zero-order chi connectivity index (χ0) is 12.3. The first kappa shape index (κ1) is 11.9. The summed E-state index contributed by atoms with van der Waals surface area (Å²) in [4.78, 5) is 4.53. The molecule has 3 nitrogen and oxygen atoms in total. The van der Waals surface area contributed by atoms with E-state index in [1.165, 1.54) is 16.8 Å². The van der Waals surface area contributed by atoms with Crippen molar-refractivity contribution in [2.45, 2.75) is 13.3 Å². The second kappa shape index (κ2) is 5.15. The number of nitrogens with zero attached hydrogens (tertiary/aromatic N) is 2. The third kappa shape index (κ3) is 2.39. The Labute approximate surface area is 103 Å². The standard InChI is InChI=1S/C14H19N3/c1-11-6-4-5-7-12(11)14-13(8-9-15-2)17(3)10-16-14/h4-7,10,15H,8-9H2,1-3H3. The number of benzene rings is 1. The predicted molar refractivity (Wildman–Crippen MR) is 71.0 cm³/mol. The minimum atomic E-state index is 0.971. The smallest absolute Gasteiger partial charge is 0.0953 e. The van der Waals surface area contributed by atoms with Gasteiger partial charge in [-0.05, 0) is 19.5 Å². The van der Waals surface area contributed by atoms with E-state index in [1.807, 2.05) is 13.4 Å². The SMILES string of the molecule is CNCCc1c(-c2ccccc2C)ncn1C. The third-order valence-electron chi connectivity index (χ3n) is 3.07. The van der Waals surface area contributed by atoms with E-state index in [9.17, 15) is 0 Å². The molecule has 0 saturated carbocycles. The summed E-state index contributed by atoms with van der Waals surface area (Å²) in [6.45, 7) is 3.10. The average molecular weight is 229 g/mol. The van der Waals surface area contributed by atoms with Crippen LogP contribution in [0.5, 0.6) is 0 Å². The number of hydrogen-bond acceptors (Lipinski definition) is 2. The van der Waals surface area contributed by atoms with Crippen molar-refractivity contribution in [3.63, 3.8) is 0 Å². The molecule has 0 radical (unpaired) electrons. The maximum atomic E-state index is 4.53. The summed E-state index contributed by atoms with van der Waals surface area (Å²) in [5, 5.41) is 3.19. The number of likely N-dealkylation sites (N-methyl/N-ethyl adjacent to an activating group) is 1. The van der Waals surface area contributed by atoms with Crippen LogP contribution in [0, 0.1) is 6.92 Å². The molecule has 0 unspecified atom stereocenters. The number of nitrogens with one attached hydrogen (secondary N) is 1. The summed E-state index contributed by atoms with van der Waals surface area (Å²) in [5.74, 6) is 0. The first-order valence-electron chi connectivity index (χ1n) is 5.95. The molecule has 0 amide bonds. The first-order chi connectivity index (χ1) is 8.24. The van der Waals surface area contributed by atoms with E-state index >= 15 is 0 Å². The molecule has 3 heteroatoms. The molecular weight excluding hydrogens is 210 g/mol. The van der Waals surface area contributed by atoms with Crippen LogP contribution in [0.1, 0.15) is 11.3 Å². The molecule has 0 spiro atoms. The van der Waals surface area contributed by atoms with E-state index in [0.29, 0.717) is 0 Å². The van der Waals surface area contributed by atoms with Gasteiger partial charge in [0, 0.05) is 31.3 Å². The maximum Gasteiger partial charge on any atom is 0.0953 e. The molecule has 0 fully saturated rings. The second-order valence-corrected chi connectivity index (χ2v) is 4.32. The highest BCUT2D eigenvalue weighted by molar-refractivity contribution is 5.65. The fourth-order valence-electron chi connectivity index (χ4n) is 2.06. The molecule has 2 rings (SSSR count). The predicted octanol–water partition coefficient (Wildman–Crippen LogP) is 2.16. The van der Waals surface area contributed by atoms with Crippen LogP contribution >= 0.6 is 0 Å². The Kier molecular flexibility index (Phi) is 3.59. The molecular formula is C14H19N3. The highest BCUT2D eigenvalue weighted by atomic mass is 15.0. The fourth-order valence-corrected chi connectivity index (χ4v) is 2.06. The van der Waals surface area contributed by atoms with Crippen LogP contribution in [-0.4, -0.2) is 23.1 Å². The molecule has 0 aliphatic carbocycles. The van der Waals surface area contributed by atoms with Crippen LogP contribution in [0.15, 0.2) is 30.6 Å². The number of aryl methyl sites for hydroxylation is 2. The van der Waals surface area contributed by atoms with E-state index < -0.39 is 0 Å². The number of aromatic nitrogens is 2. The summed E-state index contributed by atoms with van der Waals surface area (Å²) < 4.78 is 2.11. The molecule has 0 atom stereocenters. The Hall–Kier alpha value is -1.61. The molecule has 0 aliphatic heterocycles. The van der Waals surface area contributed by atoms with E-state index in [2.05, 4.69) is 53.1 Å². The monoisotopic (exact) mass is 229 g/mol. The Balaban J connectivity index is 2.42. The van der Waals surface area contributed by atoms with Gasteiger partial charge >= 0.3 is 0 Å². The van der Waals surface area contributed by atoms with Crippen LogP contribution in [0.2, 0.25) is 0 Å². The highest BCUT2D eigenvalue weighted by Crippen LogP contribution is 2.25. The quantitative estimate of drug-likeness (QED) is 0.870. The normalized spacial score (nSPS) is 10.8. The molecule has 1 N–H and O–H groups in total. The van der Waals surface area contributed by atoms with Gasteiger partial charge in [-0.2, -0.15) is 0 Å². The molecule has 0 saturated heterocycles. The Morgan fingerprint density at radius 3 is 2.76 bits per heavy atom. The Morgan fingerprint density at radius 2 is 2.06 bits per heavy atom. The number of rotatable bonds is 4. The first-order valence-corrected chi connectivity index (χ1v) is 5.95. The van der Waals surface area contributed by atoms with Crippen LogP contribution < -0.4 is 5.32 Å². The van der Waals surface area contributed by atoms with Gasteiger partial charge in [0.15, 0.2) is 0 Å². The molecule has 1 aromatic carbocycles. The van der Waals surface area contributed by atoms with E-state index in [1.54, 1.807) is 0 Å². The molecule has 2 aromatic rings. The van der Waals surface area contributed by atoms with Crippen molar-refractivity contribution in [1.29, 1.82) is 0 Å². The summed E-state index contributed by atoms with van der Waals surface area (Å²) >= 11 is 0. The molecule has 0 bridgehead atoms. The topological polar surface area (TPSA) is 29.9 Å². The number of imidazole rings is 1. The summed E-state index contributed by atoms with van der Waals surface area (Å²) in [7, 11) is 4.03. The zero-order valence-corrected chi connectivity index (χ0v) is 10.7. The van der Waals surface area contributed by atoms with Crippen LogP contribution in [0.25, 0.3) is 11.3 Å². The Morgan fingerprint density at radius 1 is 1.29 bits per heavy atom. The van der Waals surface area contributed by atoms with Gasteiger partial charge in [-0.3, -0.25) is 0 Å². The highest BCUT2D eigenvalue weighted by Gasteiger charge is 2.11. The van der Waals surface area contributed by atoms with E-state index in [4.69, 9.17) is 0 Å². The van der Waals surface area contributed by atoms with Gasteiger partial charge < -0.3 is 9.88 Å². The zero-order valence-electron chi connectivity index (χ0n) is 10.7. The molecule has 1 heterocycles. The van der Waals surface area contributed by atoms with Crippen molar-refractivity contribution in [2.75, 3.05) is 13.6 Å². The summed E-state index contributed by atoms with van der Waals surface area (Å²) in [6, 6.07) is 8.40. The van der Waals surface area contributed by atoms with Gasteiger partial charge in [0.25, 0.3) is 0 Å². The lowest BCUT2D eigenvalue weighted by Crippen LogP contribution is -2.12. The van der Waals surface area contributed by atoms with Crippen LogP contribution in [-0.2, 0) is 13.5 Å². The van der Waals surface area contributed by atoms with Crippen molar-refractivity contribution in [2.24, 2.45) is 7.05 Å². The van der Waals surface area contributed by atoms with Crippen LogP contribution in [0.3, 0.4) is 0 Å². The lowest BCUT2D eigenvalue weighted by atomic mass is 10.0. The van der Waals surface area contributed by atoms with Gasteiger partial charge in [0.1, 0.15) is 0 Å². The van der Waals surface area contributed by atoms with E-state index in [0.717, 1.165) is 18.7 Å². The summed E-state index contributed by atoms with van der Waals surface area (Å²) in [5.41, 5.74) is 4.91. The van der Waals surface area contributed by atoms with Crippen molar-refractivity contribution in [3.05, 3.63) is 41.9 Å². The average Bonchev–Trinajstić information content (AvgIpc) is 2.69. The van der Waals surface area contributed by atoms with Crippen molar-refractivity contribution >= 4 is 0 Å². The van der Waals surface area contributed by atoms with Gasteiger partial charge in [-0.15, -0.1) is 0 Å². The van der Waals surface area contributed by atoms with Gasteiger partial charge in [-0.1, -0.05) is 24.3 Å². The van der Waals surface area contributed by atoms with Crippen LogP contribution in [0.4, 0.5) is 0 Å². The molecule has 0 aliphatic rings. The van der Waals surface area contributed by atoms with Crippen molar-refractivity contribution < 1.29 is 0 Å². The Bertz CT molecular complexity index is 500. The molecule has 1 aromatic heterocycles. The van der Waals surface area contributed by atoms with Gasteiger partial charge in [0.2, 0.25) is 0 Å². The summed E-state index contributed by atoms with van der Waals surface area (Å²) in [6.07, 6.45) is 2.89. The molecule has 17 heavy (non-hydrogen) atoms. The van der Waals surface area contributed by atoms with Gasteiger partial charge in [0.05, 0.1) is 12.0 Å². The fraction of sp³-hybridized carbons (Fsp3) is 0.357. The second-order valence-electron chi connectivity index (χ2n) is 4.32. The minimum absolute atomic E-state index is 0.971. The van der Waals surface area contributed by atoms with E-state index in [-0.39, 0.29) is 0 Å². The maximum absolute atomic E-state index is 4.53. The van der Waals surface area contributed by atoms with Crippen molar-refractivity contribution in [1.82, 2.24) is 14.9 Å². The van der Waals surface area contributed by atoms with Gasteiger partial charge in [-0.25, -0.2) is 4.98 Å². The minimum Gasteiger partial charge on any atom is -0.337 e. The molecule has 90 valence electrons. The van der Waals surface area contributed by atoms with Crippen molar-refractivity contribution in [3.8, 4) is 11.3 Å².